The first-order valence-corrected chi connectivity index (χ1v) is 6.96. The maximum atomic E-state index is 5.96. The Morgan fingerprint density at radius 1 is 1.31 bits per heavy atom. The van der Waals surface area contributed by atoms with Crippen molar-refractivity contribution in [3.8, 4) is 0 Å². The number of nitrogens with one attached hydrogen (secondary N) is 1. The van der Waals surface area contributed by atoms with Gasteiger partial charge in [0.25, 0.3) is 0 Å². The zero-order valence-corrected chi connectivity index (χ0v) is 11.9. The van der Waals surface area contributed by atoms with Crippen LogP contribution < -0.4 is 5.32 Å². The molecule has 0 atom stereocenters. The van der Waals surface area contributed by atoms with E-state index in [-0.39, 0.29) is 0 Å². The summed E-state index contributed by atoms with van der Waals surface area (Å²) in [4.78, 5) is 4.06. The molecular formula is C12H18BrClN2. The number of hydrogen-bond acceptors (Lipinski definition) is 2. The summed E-state index contributed by atoms with van der Waals surface area (Å²) in [6, 6.07) is 1.96. The van der Waals surface area contributed by atoms with E-state index in [2.05, 4.69) is 33.2 Å². The highest BCUT2D eigenvalue weighted by molar-refractivity contribution is 9.10. The fraction of sp³-hybridized carbons (Fsp3) is 0.583. The first-order chi connectivity index (χ1) is 7.74. The normalized spacial score (nSPS) is 10.4. The number of hydrogen-bond donors (Lipinski definition) is 1. The van der Waals surface area contributed by atoms with Crippen molar-refractivity contribution in [1.29, 1.82) is 0 Å². The molecular weight excluding hydrogens is 288 g/mol. The molecule has 1 aromatic heterocycles. The fourth-order valence-corrected chi connectivity index (χ4v) is 2.00. The highest BCUT2D eigenvalue weighted by Gasteiger charge is 2.01. The van der Waals surface area contributed by atoms with E-state index in [0.29, 0.717) is 5.15 Å². The van der Waals surface area contributed by atoms with Gasteiger partial charge in [0.2, 0.25) is 0 Å². The zero-order chi connectivity index (χ0) is 11.8. The lowest BCUT2D eigenvalue weighted by Crippen LogP contribution is -2.02. The Balaban J connectivity index is 2.23. The van der Waals surface area contributed by atoms with Gasteiger partial charge in [-0.25, -0.2) is 4.98 Å². The second-order valence-corrected chi connectivity index (χ2v) is 5.11. The van der Waals surface area contributed by atoms with Crippen LogP contribution in [0, 0.1) is 0 Å². The molecule has 0 fully saturated rings. The third-order valence-electron chi connectivity index (χ3n) is 2.40. The Morgan fingerprint density at radius 3 is 2.81 bits per heavy atom. The fourth-order valence-electron chi connectivity index (χ4n) is 1.50. The Bertz CT molecular complexity index is 318. The number of unbranched alkanes of at least 4 members (excludes halogenated alkanes) is 4. The monoisotopic (exact) mass is 304 g/mol. The van der Waals surface area contributed by atoms with Gasteiger partial charge < -0.3 is 5.32 Å². The highest BCUT2D eigenvalue weighted by atomic mass is 79.9. The maximum Gasteiger partial charge on any atom is 0.152 e. The van der Waals surface area contributed by atoms with Crippen LogP contribution in [0.5, 0.6) is 0 Å². The predicted molar refractivity (Wildman–Crippen MR) is 74.2 cm³/mol. The van der Waals surface area contributed by atoms with Crippen molar-refractivity contribution in [2.24, 2.45) is 0 Å². The van der Waals surface area contributed by atoms with Gasteiger partial charge in [-0.05, 0) is 28.4 Å². The van der Waals surface area contributed by atoms with Crippen LogP contribution in [0.15, 0.2) is 16.7 Å². The van der Waals surface area contributed by atoms with Crippen molar-refractivity contribution < 1.29 is 0 Å². The van der Waals surface area contributed by atoms with E-state index < -0.39 is 0 Å². The van der Waals surface area contributed by atoms with Crippen molar-refractivity contribution in [3.05, 3.63) is 21.9 Å². The van der Waals surface area contributed by atoms with Crippen molar-refractivity contribution in [3.63, 3.8) is 0 Å². The van der Waals surface area contributed by atoms with Crippen LogP contribution in [0.2, 0.25) is 5.15 Å². The quantitative estimate of drug-likeness (QED) is 0.573. The van der Waals surface area contributed by atoms with E-state index in [1.807, 2.05) is 6.07 Å². The van der Waals surface area contributed by atoms with Gasteiger partial charge in [-0.2, -0.15) is 0 Å². The number of anilines is 1. The molecule has 1 rings (SSSR count). The molecule has 0 saturated carbocycles. The molecule has 0 spiro atoms. The maximum absolute atomic E-state index is 5.96. The van der Waals surface area contributed by atoms with E-state index in [9.17, 15) is 0 Å². The minimum atomic E-state index is 0.539. The van der Waals surface area contributed by atoms with Crippen LogP contribution in [-0.4, -0.2) is 11.5 Å². The Hall–Kier alpha value is -0.280. The predicted octanol–water partition coefficient (Wildman–Crippen LogP) is 4.88. The molecule has 0 radical (unpaired) electrons. The average molecular weight is 306 g/mol. The third-order valence-corrected chi connectivity index (χ3v) is 3.14. The summed E-state index contributed by atoms with van der Waals surface area (Å²) in [6.45, 7) is 3.19. The van der Waals surface area contributed by atoms with Crippen LogP contribution in [-0.2, 0) is 0 Å². The molecule has 0 saturated heterocycles. The Kier molecular flexibility index (Phi) is 6.81. The van der Waals surface area contributed by atoms with E-state index in [1.165, 1.54) is 32.1 Å². The van der Waals surface area contributed by atoms with Crippen molar-refractivity contribution >= 4 is 33.2 Å². The molecule has 0 amide bonds. The van der Waals surface area contributed by atoms with Crippen LogP contribution >= 0.6 is 27.5 Å². The molecule has 0 aliphatic heterocycles. The molecule has 0 unspecified atom stereocenters. The van der Waals surface area contributed by atoms with Gasteiger partial charge in [-0.1, -0.05) is 44.2 Å². The van der Waals surface area contributed by atoms with Gasteiger partial charge in [0.15, 0.2) is 5.15 Å². The number of pyridine rings is 1. The number of nitrogens with zero attached hydrogens (tertiary/aromatic N) is 1. The van der Waals surface area contributed by atoms with Crippen molar-refractivity contribution in [2.45, 2.75) is 39.0 Å². The Labute approximate surface area is 111 Å². The molecule has 16 heavy (non-hydrogen) atoms. The summed E-state index contributed by atoms with van der Waals surface area (Å²) in [5.74, 6) is 0. The second-order valence-electron chi connectivity index (χ2n) is 3.83. The van der Waals surface area contributed by atoms with Gasteiger partial charge in [0, 0.05) is 17.2 Å². The lowest BCUT2D eigenvalue weighted by Gasteiger charge is -2.07. The van der Waals surface area contributed by atoms with Crippen molar-refractivity contribution in [1.82, 2.24) is 4.98 Å². The van der Waals surface area contributed by atoms with E-state index in [0.717, 1.165) is 16.7 Å². The smallest absolute Gasteiger partial charge is 0.152 e. The topological polar surface area (TPSA) is 24.9 Å². The van der Waals surface area contributed by atoms with Gasteiger partial charge >= 0.3 is 0 Å². The van der Waals surface area contributed by atoms with Crippen LogP contribution in [0.1, 0.15) is 39.0 Å². The summed E-state index contributed by atoms with van der Waals surface area (Å²) in [7, 11) is 0. The van der Waals surface area contributed by atoms with Gasteiger partial charge in [0.05, 0.1) is 5.69 Å². The standard InChI is InChI=1S/C12H18BrClN2/c1-2-3-4-5-6-7-15-11-8-10(13)9-16-12(11)14/h8-9,15H,2-7H2,1H3. The molecule has 0 aromatic carbocycles. The molecule has 90 valence electrons. The van der Waals surface area contributed by atoms with Crippen LogP contribution in [0.25, 0.3) is 0 Å². The molecule has 1 heterocycles. The van der Waals surface area contributed by atoms with Gasteiger partial charge in [-0.3, -0.25) is 0 Å². The molecule has 0 aliphatic rings. The molecule has 0 aliphatic carbocycles. The molecule has 4 heteroatoms. The minimum Gasteiger partial charge on any atom is -0.383 e. The number of halogens is 2. The summed E-state index contributed by atoms with van der Waals surface area (Å²) in [6.07, 6.45) is 8.11. The largest absolute Gasteiger partial charge is 0.383 e. The Morgan fingerprint density at radius 2 is 2.06 bits per heavy atom. The zero-order valence-electron chi connectivity index (χ0n) is 9.60. The average Bonchev–Trinajstić information content (AvgIpc) is 2.28. The third kappa shape index (κ3) is 5.17. The van der Waals surface area contributed by atoms with Gasteiger partial charge in [0.1, 0.15) is 0 Å². The first kappa shape index (κ1) is 13.8. The summed E-state index contributed by atoms with van der Waals surface area (Å²) in [5.41, 5.74) is 0.909. The number of aromatic nitrogens is 1. The SMILES string of the molecule is CCCCCCCNc1cc(Br)cnc1Cl. The lowest BCUT2D eigenvalue weighted by atomic mass is 10.1. The molecule has 2 nitrogen and oxygen atoms in total. The highest BCUT2D eigenvalue weighted by Crippen LogP contribution is 2.22. The second kappa shape index (κ2) is 7.91. The molecule has 1 N–H and O–H groups in total. The van der Waals surface area contributed by atoms with E-state index in [1.54, 1.807) is 6.20 Å². The minimum absolute atomic E-state index is 0.539. The lowest BCUT2D eigenvalue weighted by molar-refractivity contribution is 0.645. The number of rotatable bonds is 7. The summed E-state index contributed by atoms with van der Waals surface area (Å²) < 4.78 is 0.949. The van der Waals surface area contributed by atoms with E-state index in [4.69, 9.17) is 11.6 Å². The van der Waals surface area contributed by atoms with Crippen molar-refractivity contribution in [2.75, 3.05) is 11.9 Å². The van der Waals surface area contributed by atoms with Crippen LogP contribution in [0.4, 0.5) is 5.69 Å². The first-order valence-electron chi connectivity index (χ1n) is 5.79. The van der Waals surface area contributed by atoms with Crippen LogP contribution in [0.3, 0.4) is 0 Å². The van der Waals surface area contributed by atoms with E-state index >= 15 is 0 Å². The van der Waals surface area contributed by atoms with Gasteiger partial charge in [-0.15, -0.1) is 0 Å². The molecule has 0 bridgehead atoms. The summed E-state index contributed by atoms with van der Waals surface area (Å²) >= 11 is 9.34. The molecule has 1 aromatic rings. The summed E-state index contributed by atoms with van der Waals surface area (Å²) in [5, 5.41) is 3.84.